The first-order valence-corrected chi connectivity index (χ1v) is 9.16. The molecule has 0 aliphatic rings. The zero-order valence-electron chi connectivity index (χ0n) is 7.75. The summed E-state index contributed by atoms with van der Waals surface area (Å²) in [5.41, 5.74) is 0. The molecule has 0 saturated heterocycles. The van der Waals surface area contributed by atoms with E-state index in [-0.39, 0.29) is 6.16 Å². The third kappa shape index (κ3) is 5.37. The Balaban J connectivity index is 4.19. The maximum absolute atomic E-state index is 11.0. The predicted octanol–water partition coefficient (Wildman–Crippen LogP) is 2.54. The normalized spacial score (nSPS) is 13.3. The van der Waals surface area contributed by atoms with Gasteiger partial charge >= 0.3 is 8.80 Å². The van der Waals surface area contributed by atoms with Gasteiger partial charge in [-0.05, 0) is 22.5 Å². The van der Waals surface area contributed by atoms with E-state index in [9.17, 15) is 4.57 Å². The van der Waals surface area contributed by atoms with Crippen LogP contribution in [-0.2, 0) is 17.8 Å². The van der Waals surface area contributed by atoms with Gasteiger partial charge in [0.05, 0.1) is 0 Å². The van der Waals surface area contributed by atoms with Gasteiger partial charge in [-0.1, -0.05) is 0 Å². The van der Waals surface area contributed by atoms with Crippen LogP contribution in [0.1, 0.15) is 0 Å². The number of hydrogen-bond donors (Lipinski definition) is 0. The Morgan fingerprint density at radius 2 is 1.54 bits per heavy atom. The summed E-state index contributed by atoms with van der Waals surface area (Å²) in [5, 5.41) is 0. The highest BCUT2D eigenvalue weighted by Crippen LogP contribution is 2.57. The molecule has 0 saturated carbocycles. The second kappa shape index (κ2) is 5.71. The third-order valence-electron chi connectivity index (χ3n) is 1.61. The van der Waals surface area contributed by atoms with E-state index in [2.05, 4.69) is 0 Å². The van der Waals surface area contributed by atoms with Gasteiger partial charge in [0.2, 0.25) is 0 Å². The lowest BCUT2D eigenvalue weighted by atomic mass is 11.0. The summed E-state index contributed by atoms with van der Waals surface area (Å²) in [6.07, 6.45) is 0.137. The van der Waals surface area contributed by atoms with Crippen LogP contribution in [0.5, 0.6) is 0 Å². The molecule has 13 heavy (non-hydrogen) atoms. The van der Waals surface area contributed by atoms with Gasteiger partial charge in [0, 0.05) is 33.5 Å². The maximum atomic E-state index is 11.0. The molecule has 8 heteroatoms. The van der Waals surface area contributed by atoms with Gasteiger partial charge < -0.3 is 13.3 Å². The highest BCUT2D eigenvalue weighted by atomic mass is 35.9. The minimum absolute atomic E-state index is 0.137. The first-order valence-electron chi connectivity index (χ1n) is 3.53. The summed E-state index contributed by atoms with van der Waals surface area (Å²) in [4.78, 5) is 0. The van der Waals surface area contributed by atoms with Crippen LogP contribution in [0.4, 0.5) is 0 Å². The molecule has 0 fully saturated rings. The van der Waals surface area contributed by atoms with Crippen molar-refractivity contribution in [3.8, 4) is 0 Å². The van der Waals surface area contributed by atoms with Crippen molar-refractivity contribution in [3.05, 3.63) is 0 Å². The molecule has 0 bridgehead atoms. The van der Waals surface area contributed by atoms with Crippen LogP contribution in [0, 0.1) is 0 Å². The molecule has 0 aromatic rings. The Morgan fingerprint density at radius 1 is 1.15 bits per heavy atom. The van der Waals surface area contributed by atoms with E-state index in [0.29, 0.717) is 6.04 Å². The van der Waals surface area contributed by atoms with Crippen molar-refractivity contribution in [1.29, 1.82) is 0 Å². The first kappa shape index (κ1) is 13.9. The zero-order valence-corrected chi connectivity index (χ0v) is 11.2. The number of hydrogen-bond acceptors (Lipinski definition) is 4. The molecular weight excluding hydrogens is 254 g/mol. The molecule has 0 radical (unpaired) electrons. The van der Waals surface area contributed by atoms with Crippen molar-refractivity contribution >= 4 is 37.1 Å². The fourth-order valence-electron chi connectivity index (χ4n) is 0.823. The molecule has 0 heterocycles. The first-order chi connectivity index (χ1) is 5.89. The number of rotatable bonds is 6. The molecule has 0 N–H and O–H groups in total. The van der Waals surface area contributed by atoms with E-state index in [4.69, 9.17) is 35.8 Å². The fraction of sp³-hybridized carbons (Fsp3) is 1.00. The molecule has 0 amide bonds. The topological polar surface area (TPSA) is 44.8 Å². The van der Waals surface area contributed by atoms with Crippen molar-refractivity contribution < 1.29 is 17.8 Å². The molecule has 0 spiro atoms. The highest BCUT2D eigenvalue weighted by molar-refractivity contribution is 8.08. The second-order valence-electron chi connectivity index (χ2n) is 2.34. The van der Waals surface area contributed by atoms with E-state index in [1.165, 1.54) is 21.3 Å². The van der Waals surface area contributed by atoms with Crippen LogP contribution >= 0.6 is 28.3 Å². The predicted molar refractivity (Wildman–Crippen MR) is 55.8 cm³/mol. The maximum Gasteiger partial charge on any atom is 0.500 e. The van der Waals surface area contributed by atoms with Gasteiger partial charge in [-0.25, -0.2) is 0 Å². The van der Waals surface area contributed by atoms with E-state index in [1.807, 2.05) is 0 Å². The van der Waals surface area contributed by atoms with Crippen molar-refractivity contribution in [2.45, 2.75) is 6.04 Å². The molecule has 0 rings (SSSR count). The molecule has 0 aliphatic heterocycles. The molecular formula is C5H13Cl2O4PSi. The van der Waals surface area contributed by atoms with Gasteiger partial charge in [0.15, 0.2) is 0 Å². The largest absolute Gasteiger partial charge is 0.500 e. The van der Waals surface area contributed by atoms with E-state index >= 15 is 0 Å². The van der Waals surface area contributed by atoms with Crippen LogP contribution in [0.3, 0.4) is 0 Å². The Morgan fingerprint density at radius 3 is 1.77 bits per heavy atom. The van der Waals surface area contributed by atoms with E-state index in [1.54, 1.807) is 0 Å². The van der Waals surface area contributed by atoms with Crippen LogP contribution in [-0.4, -0.2) is 36.3 Å². The summed E-state index contributed by atoms with van der Waals surface area (Å²) in [5.74, 6) is -3.06. The van der Waals surface area contributed by atoms with Crippen molar-refractivity contribution in [1.82, 2.24) is 0 Å². The fourth-order valence-corrected chi connectivity index (χ4v) is 5.59. The lowest BCUT2D eigenvalue weighted by molar-refractivity contribution is 0.125. The van der Waals surface area contributed by atoms with Gasteiger partial charge in [-0.2, -0.15) is 0 Å². The minimum Gasteiger partial charge on any atom is -0.377 e. The van der Waals surface area contributed by atoms with E-state index in [0.717, 1.165) is 0 Å². The molecule has 0 atom stereocenters. The highest BCUT2D eigenvalue weighted by Gasteiger charge is 2.39. The molecule has 4 nitrogen and oxygen atoms in total. The summed E-state index contributed by atoms with van der Waals surface area (Å²) in [6.45, 7) is 0. The summed E-state index contributed by atoms with van der Waals surface area (Å²) in [7, 11) is 1.77. The van der Waals surface area contributed by atoms with Crippen LogP contribution < -0.4 is 0 Å². The van der Waals surface area contributed by atoms with Crippen molar-refractivity contribution in [3.63, 3.8) is 0 Å². The lowest BCUT2D eigenvalue weighted by Gasteiger charge is -2.24. The monoisotopic (exact) mass is 266 g/mol. The Hall–Kier alpha value is 0.907. The average molecular weight is 267 g/mol. The van der Waals surface area contributed by atoms with Gasteiger partial charge in [0.1, 0.15) is 0 Å². The quantitative estimate of drug-likeness (QED) is 0.548. The zero-order chi connectivity index (χ0) is 10.5. The summed E-state index contributed by atoms with van der Waals surface area (Å²) < 4.78 is 26.3. The van der Waals surface area contributed by atoms with Crippen LogP contribution in [0.25, 0.3) is 0 Å². The van der Waals surface area contributed by atoms with Crippen LogP contribution in [0.2, 0.25) is 6.04 Å². The molecule has 0 unspecified atom stereocenters. The Bertz CT molecular complexity index is 185. The second-order valence-corrected chi connectivity index (χ2v) is 10.8. The van der Waals surface area contributed by atoms with E-state index < -0.39 is 14.7 Å². The Labute approximate surface area is 88.8 Å². The van der Waals surface area contributed by atoms with Gasteiger partial charge in [-0.15, -0.1) is 0 Å². The van der Waals surface area contributed by atoms with Gasteiger partial charge in [-0.3, -0.25) is 4.57 Å². The minimum atomic E-state index is -3.06. The van der Waals surface area contributed by atoms with Crippen LogP contribution in [0.15, 0.2) is 0 Å². The summed E-state index contributed by atoms with van der Waals surface area (Å²) >= 11 is 10.8. The third-order valence-corrected chi connectivity index (χ3v) is 6.52. The average Bonchev–Trinajstić information content (AvgIpc) is 2.06. The number of halogens is 2. The Kier molecular flexibility index (Phi) is 6.10. The van der Waals surface area contributed by atoms with Gasteiger partial charge in [0.25, 0.3) is 5.85 Å². The van der Waals surface area contributed by atoms with Crippen molar-refractivity contribution in [2.75, 3.05) is 27.5 Å². The SMILES string of the molecule is CO[Si](CCP(=O)(Cl)Cl)(OC)OC. The molecule has 0 aromatic carbocycles. The lowest BCUT2D eigenvalue weighted by Crippen LogP contribution is -2.43. The molecule has 0 aromatic heterocycles. The van der Waals surface area contributed by atoms with Crippen molar-refractivity contribution in [2.24, 2.45) is 0 Å². The molecule has 80 valence electrons. The standard InChI is InChI=1S/C5H13Cl2O4PSi/c1-9-13(10-2,11-3)5-4-12(6,7)8/h4-5H2,1-3H3. The smallest absolute Gasteiger partial charge is 0.377 e. The summed E-state index contributed by atoms with van der Waals surface area (Å²) in [6, 6.07) is 0.348. The molecule has 0 aliphatic carbocycles.